The van der Waals surface area contributed by atoms with Crippen molar-refractivity contribution in [2.75, 3.05) is 13.1 Å². The van der Waals surface area contributed by atoms with Gasteiger partial charge in [-0.25, -0.2) is 0 Å². The molecule has 2 heterocycles. The Morgan fingerprint density at radius 3 is 3.12 bits per heavy atom. The lowest BCUT2D eigenvalue weighted by Crippen LogP contribution is -2.48. The highest BCUT2D eigenvalue weighted by Crippen LogP contribution is 2.37. The van der Waals surface area contributed by atoms with Crippen LogP contribution < -0.4 is 5.32 Å². The molecule has 0 bridgehead atoms. The van der Waals surface area contributed by atoms with Gasteiger partial charge in [0.1, 0.15) is 0 Å². The SMILES string of the molecule is CCC1CNCCC1(O)c1cnccc1C. The maximum atomic E-state index is 10.9. The maximum Gasteiger partial charge on any atom is 0.0966 e. The van der Waals surface area contributed by atoms with E-state index in [4.69, 9.17) is 0 Å². The second kappa shape index (κ2) is 4.52. The maximum absolute atomic E-state index is 10.9. The molecule has 2 atom stereocenters. The summed E-state index contributed by atoms with van der Waals surface area (Å²) < 4.78 is 0. The molecule has 1 aliphatic rings. The molecular weight excluding hydrogens is 200 g/mol. The first-order valence-electron chi connectivity index (χ1n) is 6.02. The van der Waals surface area contributed by atoms with Crippen LogP contribution in [0.2, 0.25) is 0 Å². The van der Waals surface area contributed by atoms with Crippen molar-refractivity contribution in [1.29, 1.82) is 0 Å². The minimum Gasteiger partial charge on any atom is -0.385 e. The molecule has 0 radical (unpaired) electrons. The molecule has 0 saturated carbocycles. The van der Waals surface area contributed by atoms with E-state index < -0.39 is 5.60 Å². The van der Waals surface area contributed by atoms with Gasteiger partial charge >= 0.3 is 0 Å². The summed E-state index contributed by atoms with van der Waals surface area (Å²) in [4.78, 5) is 4.15. The van der Waals surface area contributed by atoms with Crippen LogP contribution in [0.5, 0.6) is 0 Å². The second-order valence-electron chi connectivity index (χ2n) is 4.67. The molecule has 3 heteroatoms. The minimum atomic E-state index is -0.696. The van der Waals surface area contributed by atoms with Crippen molar-refractivity contribution < 1.29 is 5.11 Å². The Morgan fingerprint density at radius 2 is 2.44 bits per heavy atom. The fourth-order valence-corrected chi connectivity index (χ4v) is 2.68. The molecule has 3 nitrogen and oxygen atoms in total. The van der Waals surface area contributed by atoms with Gasteiger partial charge in [0.2, 0.25) is 0 Å². The minimum absolute atomic E-state index is 0.282. The standard InChI is InChI=1S/C13H20N2O/c1-3-11-8-15-7-5-13(11,16)12-9-14-6-4-10(12)2/h4,6,9,11,15-16H,3,5,7-8H2,1-2H3. The Balaban J connectivity index is 2.39. The smallest absolute Gasteiger partial charge is 0.0966 e. The van der Waals surface area contributed by atoms with Crippen LogP contribution in [0, 0.1) is 12.8 Å². The van der Waals surface area contributed by atoms with Crippen molar-refractivity contribution in [3.05, 3.63) is 29.6 Å². The van der Waals surface area contributed by atoms with Gasteiger partial charge in [-0.1, -0.05) is 6.92 Å². The van der Waals surface area contributed by atoms with Crippen LogP contribution in [-0.4, -0.2) is 23.2 Å². The summed E-state index contributed by atoms with van der Waals surface area (Å²) in [5.74, 6) is 0.282. The molecule has 1 fully saturated rings. The lowest BCUT2D eigenvalue weighted by molar-refractivity contribution is -0.0485. The summed E-state index contributed by atoms with van der Waals surface area (Å²) in [5, 5.41) is 14.3. The van der Waals surface area contributed by atoms with Gasteiger partial charge in [0.05, 0.1) is 5.60 Å². The Morgan fingerprint density at radius 1 is 1.62 bits per heavy atom. The molecule has 1 saturated heterocycles. The van der Waals surface area contributed by atoms with Gasteiger partial charge in [0.15, 0.2) is 0 Å². The first kappa shape index (κ1) is 11.6. The van der Waals surface area contributed by atoms with Gasteiger partial charge in [0, 0.05) is 30.4 Å². The van der Waals surface area contributed by atoms with E-state index in [1.807, 2.05) is 19.2 Å². The number of hydrogen-bond acceptors (Lipinski definition) is 3. The number of aromatic nitrogens is 1. The second-order valence-corrected chi connectivity index (χ2v) is 4.67. The number of hydrogen-bond donors (Lipinski definition) is 2. The zero-order valence-electron chi connectivity index (χ0n) is 10.0. The predicted octanol–water partition coefficient (Wildman–Crippen LogP) is 1.60. The summed E-state index contributed by atoms with van der Waals surface area (Å²) in [6.45, 7) is 5.95. The topological polar surface area (TPSA) is 45.1 Å². The van der Waals surface area contributed by atoms with Gasteiger partial charge in [-0.2, -0.15) is 0 Å². The third-order valence-electron chi connectivity index (χ3n) is 3.75. The van der Waals surface area contributed by atoms with Crippen molar-refractivity contribution in [1.82, 2.24) is 10.3 Å². The highest BCUT2D eigenvalue weighted by atomic mass is 16.3. The van der Waals surface area contributed by atoms with Crippen molar-refractivity contribution in [2.45, 2.75) is 32.3 Å². The van der Waals surface area contributed by atoms with Crippen LogP contribution in [0.4, 0.5) is 0 Å². The average Bonchev–Trinajstić information content (AvgIpc) is 2.30. The molecular formula is C13H20N2O. The molecule has 0 spiro atoms. The van der Waals surface area contributed by atoms with Crippen molar-refractivity contribution in [3.8, 4) is 0 Å². The zero-order valence-corrected chi connectivity index (χ0v) is 10.0. The molecule has 1 aliphatic heterocycles. The summed E-state index contributed by atoms with van der Waals surface area (Å²) >= 11 is 0. The Hall–Kier alpha value is -0.930. The molecule has 1 aromatic rings. The molecule has 88 valence electrons. The van der Waals surface area contributed by atoms with Crippen LogP contribution >= 0.6 is 0 Å². The van der Waals surface area contributed by atoms with Gasteiger partial charge in [-0.05, 0) is 37.9 Å². The number of aryl methyl sites for hydroxylation is 1. The molecule has 0 aromatic carbocycles. The van der Waals surface area contributed by atoms with Crippen molar-refractivity contribution in [3.63, 3.8) is 0 Å². The lowest BCUT2D eigenvalue weighted by atomic mass is 9.74. The molecule has 1 aromatic heterocycles. The van der Waals surface area contributed by atoms with E-state index in [1.165, 1.54) is 0 Å². The van der Waals surface area contributed by atoms with Crippen LogP contribution in [0.25, 0.3) is 0 Å². The number of piperidine rings is 1. The Kier molecular flexibility index (Phi) is 3.26. The molecule has 0 amide bonds. The largest absolute Gasteiger partial charge is 0.385 e. The normalized spacial score (nSPS) is 30.3. The van der Waals surface area contributed by atoms with E-state index in [0.717, 1.165) is 37.1 Å². The van der Waals surface area contributed by atoms with Crippen molar-refractivity contribution >= 4 is 0 Å². The van der Waals surface area contributed by atoms with Gasteiger partial charge in [-0.3, -0.25) is 4.98 Å². The zero-order chi connectivity index (χ0) is 11.6. The van der Waals surface area contributed by atoms with E-state index in [2.05, 4.69) is 17.2 Å². The summed E-state index contributed by atoms with van der Waals surface area (Å²) in [5.41, 5.74) is 1.44. The quantitative estimate of drug-likeness (QED) is 0.795. The fraction of sp³-hybridized carbons (Fsp3) is 0.615. The summed E-state index contributed by atoms with van der Waals surface area (Å²) in [7, 11) is 0. The molecule has 2 rings (SSSR count). The Labute approximate surface area is 96.9 Å². The van der Waals surface area contributed by atoms with Crippen LogP contribution in [0.15, 0.2) is 18.5 Å². The van der Waals surface area contributed by atoms with Gasteiger partial charge in [0.25, 0.3) is 0 Å². The van der Waals surface area contributed by atoms with Gasteiger partial charge in [-0.15, -0.1) is 0 Å². The van der Waals surface area contributed by atoms with Crippen LogP contribution in [-0.2, 0) is 5.60 Å². The fourth-order valence-electron chi connectivity index (χ4n) is 2.68. The summed E-state index contributed by atoms with van der Waals surface area (Å²) in [6, 6.07) is 1.97. The lowest BCUT2D eigenvalue weighted by Gasteiger charge is -2.41. The third-order valence-corrected chi connectivity index (χ3v) is 3.75. The van der Waals surface area contributed by atoms with E-state index in [9.17, 15) is 5.11 Å². The van der Waals surface area contributed by atoms with E-state index >= 15 is 0 Å². The highest BCUT2D eigenvalue weighted by molar-refractivity contribution is 5.29. The first-order chi connectivity index (χ1) is 7.68. The first-order valence-corrected chi connectivity index (χ1v) is 6.02. The van der Waals surface area contributed by atoms with Gasteiger partial charge < -0.3 is 10.4 Å². The Bertz CT molecular complexity index is 367. The third kappa shape index (κ3) is 1.85. The number of pyridine rings is 1. The number of nitrogens with zero attached hydrogens (tertiary/aromatic N) is 1. The molecule has 2 unspecified atom stereocenters. The van der Waals surface area contributed by atoms with E-state index in [1.54, 1.807) is 6.20 Å². The molecule has 0 aliphatic carbocycles. The van der Waals surface area contributed by atoms with Crippen molar-refractivity contribution in [2.24, 2.45) is 5.92 Å². The summed E-state index contributed by atoms with van der Waals surface area (Å²) in [6.07, 6.45) is 5.36. The van der Waals surface area contributed by atoms with Crippen LogP contribution in [0.3, 0.4) is 0 Å². The number of nitrogens with one attached hydrogen (secondary N) is 1. The molecule has 2 N–H and O–H groups in total. The predicted molar refractivity (Wildman–Crippen MR) is 64.1 cm³/mol. The molecule has 16 heavy (non-hydrogen) atoms. The highest BCUT2D eigenvalue weighted by Gasteiger charge is 2.40. The van der Waals surface area contributed by atoms with Crippen LogP contribution in [0.1, 0.15) is 30.9 Å². The van der Waals surface area contributed by atoms with E-state index in [-0.39, 0.29) is 5.92 Å². The number of rotatable bonds is 2. The monoisotopic (exact) mass is 220 g/mol. The average molecular weight is 220 g/mol. The number of aliphatic hydroxyl groups is 1. The van der Waals surface area contributed by atoms with E-state index in [0.29, 0.717) is 0 Å².